The molecule has 0 unspecified atom stereocenters. The highest BCUT2D eigenvalue weighted by atomic mass is 16.5. The molecule has 11 nitrogen and oxygen atoms in total. The SMILES string of the molecule is COCCn1c(=O)n(CC2CC2)c(=O)c2c1nc(C1CCCCC1)n2Cc1ccc(-c2ccccc2-c2nnn[nH]2)cc1. The van der Waals surface area contributed by atoms with Gasteiger partial charge in [0.05, 0.1) is 13.2 Å². The Balaban J connectivity index is 1.33. The van der Waals surface area contributed by atoms with Crippen molar-refractivity contribution in [3.05, 3.63) is 80.8 Å². The average molecular weight is 581 g/mol. The number of rotatable bonds is 10. The molecule has 5 aromatic rings. The molecule has 0 atom stereocenters. The van der Waals surface area contributed by atoms with Crippen LogP contribution in [0.3, 0.4) is 0 Å². The summed E-state index contributed by atoms with van der Waals surface area (Å²) in [5, 5.41) is 14.4. The molecule has 2 fully saturated rings. The zero-order valence-corrected chi connectivity index (χ0v) is 24.4. The number of nitrogens with one attached hydrogen (secondary N) is 1. The van der Waals surface area contributed by atoms with Crippen molar-refractivity contribution in [3.8, 4) is 22.5 Å². The highest BCUT2D eigenvalue weighted by Gasteiger charge is 2.29. The molecule has 2 aliphatic carbocycles. The van der Waals surface area contributed by atoms with Crippen molar-refractivity contribution in [2.75, 3.05) is 13.7 Å². The van der Waals surface area contributed by atoms with Crippen molar-refractivity contribution < 1.29 is 4.74 Å². The second-order valence-corrected chi connectivity index (χ2v) is 11.8. The van der Waals surface area contributed by atoms with Crippen LogP contribution in [0.1, 0.15) is 62.3 Å². The zero-order valence-electron chi connectivity index (χ0n) is 24.4. The number of aromatic nitrogens is 8. The summed E-state index contributed by atoms with van der Waals surface area (Å²) in [6, 6.07) is 16.4. The molecule has 11 heteroatoms. The number of fused-ring (bicyclic) bond motifs is 1. The topological polar surface area (TPSA) is 126 Å². The van der Waals surface area contributed by atoms with Gasteiger partial charge in [-0.3, -0.25) is 13.9 Å². The van der Waals surface area contributed by atoms with Gasteiger partial charge in [0, 0.05) is 31.7 Å². The Morgan fingerprint density at radius 1 is 0.907 bits per heavy atom. The fourth-order valence-electron chi connectivity index (χ4n) is 6.43. The number of tetrazole rings is 1. The Kier molecular flexibility index (Phi) is 7.48. The molecule has 0 spiro atoms. The second-order valence-electron chi connectivity index (χ2n) is 11.8. The van der Waals surface area contributed by atoms with Gasteiger partial charge in [0.2, 0.25) is 0 Å². The maximum absolute atomic E-state index is 14.1. The highest BCUT2D eigenvalue weighted by molar-refractivity contribution is 5.80. The van der Waals surface area contributed by atoms with Gasteiger partial charge in [0.15, 0.2) is 17.0 Å². The summed E-state index contributed by atoms with van der Waals surface area (Å²) in [5.41, 5.74) is 4.52. The maximum Gasteiger partial charge on any atom is 0.332 e. The van der Waals surface area contributed by atoms with Gasteiger partial charge in [0.25, 0.3) is 5.56 Å². The average Bonchev–Trinajstić information content (AvgIpc) is 3.54. The summed E-state index contributed by atoms with van der Waals surface area (Å²) >= 11 is 0. The predicted octanol–water partition coefficient (Wildman–Crippen LogP) is 4.36. The van der Waals surface area contributed by atoms with E-state index < -0.39 is 0 Å². The smallest absolute Gasteiger partial charge is 0.332 e. The Morgan fingerprint density at radius 3 is 2.37 bits per heavy atom. The minimum Gasteiger partial charge on any atom is -0.383 e. The maximum atomic E-state index is 14.1. The summed E-state index contributed by atoms with van der Waals surface area (Å²) in [6.45, 7) is 1.68. The third kappa shape index (κ3) is 5.33. The van der Waals surface area contributed by atoms with Crippen LogP contribution in [0.5, 0.6) is 0 Å². The molecule has 2 aliphatic rings. The summed E-state index contributed by atoms with van der Waals surface area (Å²) in [4.78, 5) is 32.8. The minimum atomic E-state index is -0.286. The Hall–Kier alpha value is -4.38. The molecule has 1 N–H and O–H groups in total. The van der Waals surface area contributed by atoms with E-state index in [1.807, 2.05) is 18.2 Å². The first-order chi connectivity index (χ1) is 21.1. The molecule has 0 amide bonds. The van der Waals surface area contributed by atoms with Crippen molar-refractivity contribution in [1.82, 2.24) is 39.3 Å². The monoisotopic (exact) mass is 580 g/mol. The number of hydrogen-bond donors (Lipinski definition) is 1. The Bertz CT molecular complexity index is 1840. The molecule has 0 saturated heterocycles. The van der Waals surface area contributed by atoms with Crippen molar-refractivity contribution in [3.63, 3.8) is 0 Å². The second kappa shape index (κ2) is 11.7. The van der Waals surface area contributed by atoms with Crippen molar-refractivity contribution in [2.24, 2.45) is 5.92 Å². The lowest BCUT2D eigenvalue weighted by molar-refractivity contribution is 0.186. The predicted molar refractivity (Wildman–Crippen MR) is 163 cm³/mol. The normalized spacial score (nSPS) is 15.8. The first-order valence-corrected chi connectivity index (χ1v) is 15.3. The molecule has 2 saturated carbocycles. The number of hydrogen-bond acceptors (Lipinski definition) is 7. The van der Waals surface area contributed by atoms with E-state index in [4.69, 9.17) is 9.72 Å². The number of methoxy groups -OCH3 is 1. The largest absolute Gasteiger partial charge is 0.383 e. The molecule has 7 rings (SSSR count). The van der Waals surface area contributed by atoms with Crippen LogP contribution < -0.4 is 11.2 Å². The van der Waals surface area contributed by atoms with Crippen LogP contribution in [0, 0.1) is 5.92 Å². The van der Waals surface area contributed by atoms with Crippen molar-refractivity contribution in [1.29, 1.82) is 0 Å². The van der Waals surface area contributed by atoms with Crippen LogP contribution in [0.15, 0.2) is 58.1 Å². The van der Waals surface area contributed by atoms with Gasteiger partial charge in [-0.05, 0) is 58.7 Å². The fraction of sp³-hybridized carbons (Fsp3) is 0.438. The van der Waals surface area contributed by atoms with E-state index >= 15 is 0 Å². The van der Waals surface area contributed by atoms with Gasteiger partial charge in [-0.1, -0.05) is 67.8 Å². The molecular weight excluding hydrogens is 544 g/mol. The standard InChI is InChI=1S/C32H36N8O3/c1-43-18-17-38-30-27(31(41)40(32(38)42)20-21-11-12-21)39(29(33-30)24-7-3-2-4-8-24)19-22-13-15-23(16-14-22)25-9-5-6-10-26(25)28-34-36-37-35-28/h5-6,9-10,13-16,21,24H,2-4,7-8,11-12,17-20H2,1H3,(H,34,35,36,37). The lowest BCUT2D eigenvalue weighted by atomic mass is 9.88. The van der Waals surface area contributed by atoms with Crippen molar-refractivity contribution in [2.45, 2.75) is 70.5 Å². The number of imidazole rings is 1. The number of ether oxygens (including phenoxy) is 1. The first kappa shape index (κ1) is 27.5. The Labute approximate surface area is 248 Å². The highest BCUT2D eigenvalue weighted by Crippen LogP contribution is 2.35. The van der Waals surface area contributed by atoms with E-state index in [1.165, 1.54) is 11.0 Å². The molecule has 2 aromatic carbocycles. The third-order valence-electron chi connectivity index (χ3n) is 8.90. The van der Waals surface area contributed by atoms with E-state index in [-0.39, 0.29) is 17.2 Å². The van der Waals surface area contributed by atoms with E-state index in [2.05, 4.69) is 55.5 Å². The van der Waals surface area contributed by atoms with E-state index in [0.29, 0.717) is 49.1 Å². The minimum absolute atomic E-state index is 0.235. The van der Waals surface area contributed by atoms with Crippen LogP contribution in [0.2, 0.25) is 0 Å². The van der Waals surface area contributed by atoms with Crippen LogP contribution in [0.25, 0.3) is 33.7 Å². The number of H-pyrrole nitrogens is 1. The fourth-order valence-corrected chi connectivity index (χ4v) is 6.43. The van der Waals surface area contributed by atoms with Gasteiger partial charge >= 0.3 is 5.69 Å². The summed E-state index contributed by atoms with van der Waals surface area (Å²) in [6.07, 6.45) is 7.68. The molecule has 0 bridgehead atoms. The van der Waals surface area contributed by atoms with Crippen LogP contribution in [-0.4, -0.2) is 53.0 Å². The summed E-state index contributed by atoms with van der Waals surface area (Å²) in [7, 11) is 1.62. The summed E-state index contributed by atoms with van der Waals surface area (Å²) < 4.78 is 10.5. The lowest BCUT2D eigenvalue weighted by Gasteiger charge is -2.22. The van der Waals surface area contributed by atoms with Gasteiger partial charge in [-0.15, -0.1) is 5.10 Å². The molecule has 222 valence electrons. The lowest BCUT2D eigenvalue weighted by Crippen LogP contribution is -2.41. The van der Waals surface area contributed by atoms with Crippen LogP contribution in [0.4, 0.5) is 0 Å². The van der Waals surface area contributed by atoms with Gasteiger partial charge < -0.3 is 9.30 Å². The molecular formula is C32H36N8O3. The molecule has 3 heterocycles. The summed E-state index contributed by atoms with van der Waals surface area (Å²) in [5.74, 6) is 2.17. The quantitative estimate of drug-likeness (QED) is 0.260. The van der Waals surface area contributed by atoms with E-state index in [0.717, 1.165) is 66.6 Å². The van der Waals surface area contributed by atoms with Gasteiger partial charge in [-0.2, -0.15) is 0 Å². The Morgan fingerprint density at radius 2 is 1.67 bits per heavy atom. The van der Waals surface area contributed by atoms with Gasteiger partial charge in [-0.25, -0.2) is 14.9 Å². The zero-order chi connectivity index (χ0) is 29.3. The van der Waals surface area contributed by atoms with Crippen molar-refractivity contribution >= 4 is 11.2 Å². The number of benzene rings is 2. The first-order valence-electron chi connectivity index (χ1n) is 15.3. The molecule has 3 aromatic heterocycles. The molecule has 43 heavy (non-hydrogen) atoms. The van der Waals surface area contributed by atoms with Crippen LogP contribution >= 0.6 is 0 Å². The van der Waals surface area contributed by atoms with E-state index in [9.17, 15) is 9.59 Å². The van der Waals surface area contributed by atoms with Crippen LogP contribution in [-0.2, 0) is 24.4 Å². The number of nitrogens with zero attached hydrogens (tertiary/aromatic N) is 7. The molecule has 0 radical (unpaired) electrons. The third-order valence-corrected chi connectivity index (χ3v) is 8.90. The van der Waals surface area contributed by atoms with Gasteiger partial charge in [0.1, 0.15) is 5.82 Å². The number of aromatic amines is 1. The van der Waals surface area contributed by atoms with E-state index in [1.54, 1.807) is 11.7 Å². The molecule has 0 aliphatic heterocycles.